The van der Waals surface area contributed by atoms with E-state index < -0.39 is 0 Å². The SMILES string of the molecule is Cc1ccc(CN(CCO)C[C@@H](C)N2CCCC2)s1. The zero-order valence-electron chi connectivity index (χ0n) is 12.1. The van der Waals surface area contributed by atoms with Crippen LogP contribution < -0.4 is 0 Å². The molecule has 1 atom stereocenters. The predicted molar refractivity (Wildman–Crippen MR) is 81.7 cm³/mol. The summed E-state index contributed by atoms with van der Waals surface area (Å²) >= 11 is 1.86. The van der Waals surface area contributed by atoms with E-state index in [2.05, 4.69) is 35.8 Å². The summed E-state index contributed by atoms with van der Waals surface area (Å²) in [6.07, 6.45) is 2.68. The van der Waals surface area contributed by atoms with Crippen LogP contribution in [-0.2, 0) is 6.54 Å². The van der Waals surface area contributed by atoms with Gasteiger partial charge in [0.1, 0.15) is 0 Å². The Kier molecular flexibility index (Phi) is 5.82. The Hall–Kier alpha value is -0.420. The van der Waals surface area contributed by atoms with E-state index in [1.165, 1.54) is 35.7 Å². The molecule has 19 heavy (non-hydrogen) atoms. The van der Waals surface area contributed by atoms with Gasteiger partial charge >= 0.3 is 0 Å². The molecule has 0 saturated carbocycles. The van der Waals surface area contributed by atoms with Crippen molar-refractivity contribution in [3.8, 4) is 0 Å². The van der Waals surface area contributed by atoms with Gasteiger partial charge in [-0.05, 0) is 51.9 Å². The fraction of sp³-hybridized carbons (Fsp3) is 0.733. The third kappa shape index (κ3) is 4.56. The lowest BCUT2D eigenvalue weighted by Gasteiger charge is -2.30. The minimum absolute atomic E-state index is 0.247. The van der Waals surface area contributed by atoms with E-state index in [1.807, 2.05) is 11.3 Å². The first-order chi connectivity index (χ1) is 9.19. The van der Waals surface area contributed by atoms with Crippen molar-refractivity contribution in [3.05, 3.63) is 21.9 Å². The molecule has 2 heterocycles. The topological polar surface area (TPSA) is 26.7 Å². The van der Waals surface area contributed by atoms with Crippen molar-refractivity contribution < 1.29 is 5.11 Å². The maximum absolute atomic E-state index is 9.25. The second-order valence-electron chi connectivity index (χ2n) is 5.56. The largest absolute Gasteiger partial charge is 0.395 e. The molecule has 1 aliphatic rings. The average Bonchev–Trinajstić information content (AvgIpc) is 3.01. The number of aliphatic hydroxyl groups excluding tert-OH is 1. The summed E-state index contributed by atoms with van der Waals surface area (Å²) in [5, 5.41) is 9.25. The van der Waals surface area contributed by atoms with Crippen molar-refractivity contribution in [1.29, 1.82) is 0 Å². The van der Waals surface area contributed by atoms with Gasteiger partial charge in [-0.2, -0.15) is 0 Å². The minimum Gasteiger partial charge on any atom is -0.395 e. The molecule has 0 aliphatic carbocycles. The first-order valence-electron chi connectivity index (χ1n) is 7.31. The summed E-state index contributed by atoms with van der Waals surface area (Å²) in [5.74, 6) is 0. The molecule has 1 N–H and O–H groups in total. The lowest BCUT2D eigenvalue weighted by atomic mass is 10.2. The second kappa shape index (κ2) is 7.39. The third-order valence-corrected chi connectivity index (χ3v) is 4.86. The molecular weight excluding hydrogens is 256 g/mol. The molecule has 0 aromatic carbocycles. The number of hydrogen-bond donors (Lipinski definition) is 1. The van der Waals surface area contributed by atoms with E-state index in [4.69, 9.17) is 0 Å². The minimum atomic E-state index is 0.247. The highest BCUT2D eigenvalue weighted by Crippen LogP contribution is 2.18. The number of nitrogens with zero attached hydrogens (tertiary/aromatic N) is 2. The lowest BCUT2D eigenvalue weighted by molar-refractivity contribution is 0.141. The van der Waals surface area contributed by atoms with Crippen molar-refractivity contribution in [3.63, 3.8) is 0 Å². The van der Waals surface area contributed by atoms with Crippen LogP contribution in [0.5, 0.6) is 0 Å². The molecule has 0 amide bonds. The van der Waals surface area contributed by atoms with Crippen LogP contribution in [0, 0.1) is 6.92 Å². The molecule has 1 aromatic heterocycles. The molecule has 1 fully saturated rings. The zero-order chi connectivity index (χ0) is 13.7. The molecule has 0 spiro atoms. The van der Waals surface area contributed by atoms with Crippen LogP contribution in [0.25, 0.3) is 0 Å². The molecule has 1 aromatic rings. The fourth-order valence-corrected chi connectivity index (χ4v) is 3.77. The number of aryl methyl sites for hydroxylation is 1. The van der Waals surface area contributed by atoms with Crippen molar-refractivity contribution in [2.45, 2.75) is 39.3 Å². The van der Waals surface area contributed by atoms with Crippen LogP contribution >= 0.6 is 11.3 Å². The van der Waals surface area contributed by atoms with Gasteiger partial charge in [-0.1, -0.05) is 0 Å². The number of likely N-dealkylation sites (tertiary alicyclic amines) is 1. The van der Waals surface area contributed by atoms with Crippen LogP contribution in [0.15, 0.2) is 12.1 Å². The number of rotatable bonds is 7. The van der Waals surface area contributed by atoms with E-state index in [1.54, 1.807) is 0 Å². The normalized spacial score (nSPS) is 18.3. The highest BCUT2D eigenvalue weighted by molar-refractivity contribution is 7.11. The molecule has 1 saturated heterocycles. The highest BCUT2D eigenvalue weighted by atomic mass is 32.1. The Labute approximate surface area is 120 Å². The standard InChI is InChI=1S/C15H26N2OS/c1-13(17-7-3-4-8-17)11-16(9-10-18)12-15-6-5-14(2)19-15/h5-6,13,18H,3-4,7-12H2,1-2H3/t13-/m1/s1. The highest BCUT2D eigenvalue weighted by Gasteiger charge is 2.20. The molecule has 4 heteroatoms. The van der Waals surface area contributed by atoms with Gasteiger partial charge in [-0.15, -0.1) is 11.3 Å². The number of hydrogen-bond acceptors (Lipinski definition) is 4. The Morgan fingerprint density at radius 1 is 1.37 bits per heavy atom. The van der Waals surface area contributed by atoms with Crippen molar-refractivity contribution >= 4 is 11.3 Å². The van der Waals surface area contributed by atoms with E-state index in [0.717, 1.165) is 19.6 Å². The van der Waals surface area contributed by atoms with Crippen LogP contribution in [0.1, 0.15) is 29.5 Å². The van der Waals surface area contributed by atoms with Gasteiger partial charge in [0.2, 0.25) is 0 Å². The molecule has 108 valence electrons. The van der Waals surface area contributed by atoms with Crippen molar-refractivity contribution in [2.75, 3.05) is 32.8 Å². The van der Waals surface area contributed by atoms with Gasteiger partial charge in [0.25, 0.3) is 0 Å². The Bertz CT molecular complexity index is 374. The van der Waals surface area contributed by atoms with Crippen LogP contribution in [0.3, 0.4) is 0 Å². The molecular formula is C15H26N2OS. The van der Waals surface area contributed by atoms with E-state index >= 15 is 0 Å². The zero-order valence-corrected chi connectivity index (χ0v) is 13.0. The van der Waals surface area contributed by atoms with Crippen LogP contribution in [0.2, 0.25) is 0 Å². The third-order valence-electron chi connectivity index (χ3n) is 3.88. The van der Waals surface area contributed by atoms with Crippen LogP contribution in [-0.4, -0.2) is 53.7 Å². The van der Waals surface area contributed by atoms with Gasteiger partial charge in [0.15, 0.2) is 0 Å². The van der Waals surface area contributed by atoms with Crippen molar-refractivity contribution in [2.24, 2.45) is 0 Å². The maximum atomic E-state index is 9.25. The molecule has 0 bridgehead atoms. The molecule has 0 radical (unpaired) electrons. The molecule has 2 rings (SSSR count). The Morgan fingerprint density at radius 3 is 2.68 bits per heavy atom. The van der Waals surface area contributed by atoms with E-state index in [-0.39, 0.29) is 6.61 Å². The van der Waals surface area contributed by atoms with Gasteiger partial charge in [0.05, 0.1) is 6.61 Å². The lowest BCUT2D eigenvalue weighted by Crippen LogP contribution is -2.41. The number of thiophene rings is 1. The van der Waals surface area contributed by atoms with E-state index in [9.17, 15) is 5.11 Å². The molecule has 1 aliphatic heterocycles. The first-order valence-corrected chi connectivity index (χ1v) is 8.13. The van der Waals surface area contributed by atoms with Crippen LogP contribution in [0.4, 0.5) is 0 Å². The fourth-order valence-electron chi connectivity index (χ4n) is 2.84. The summed E-state index contributed by atoms with van der Waals surface area (Å²) in [6, 6.07) is 4.99. The quantitative estimate of drug-likeness (QED) is 0.831. The van der Waals surface area contributed by atoms with Crippen molar-refractivity contribution in [1.82, 2.24) is 9.80 Å². The second-order valence-corrected chi connectivity index (χ2v) is 6.94. The average molecular weight is 282 g/mol. The van der Waals surface area contributed by atoms with Gasteiger partial charge < -0.3 is 5.11 Å². The Morgan fingerprint density at radius 2 is 2.11 bits per heavy atom. The summed E-state index contributed by atoms with van der Waals surface area (Å²) in [5.41, 5.74) is 0. The smallest absolute Gasteiger partial charge is 0.0558 e. The summed E-state index contributed by atoms with van der Waals surface area (Å²) in [6.45, 7) is 9.99. The van der Waals surface area contributed by atoms with Gasteiger partial charge in [-0.25, -0.2) is 0 Å². The first kappa shape index (κ1) is 15.0. The summed E-state index contributed by atoms with van der Waals surface area (Å²) < 4.78 is 0. The molecule has 0 unspecified atom stereocenters. The van der Waals surface area contributed by atoms with Gasteiger partial charge in [0, 0.05) is 35.4 Å². The summed E-state index contributed by atoms with van der Waals surface area (Å²) in [7, 11) is 0. The Balaban J connectivity index is 1.87. The maximum Gasteiger partial charge on any atom is 0.0558 e. The predicted octanol–water partition coefficient (Wildman–Crippen LogP) is 2.34. The van der Waals surface area contributed by atoms with Gasteiger partial charge in [-0.3, -0.25) is 9.80 Å². The summed E-state index contributed by atoms with van der Waals surface area (Å²) in [4.78, 5) is 7.73. The monoisotopic (exact) mass is 282 g/mol. The van der Waals surface area contributed by atoms with E-state index in [0.29, 0.717) is 6.04 Å². The number of aliphatic hydroxyl groups is 1. The molecule has 3 nitrogen and oxygen atoms in total.